The van der Waals surface area contributed by atoms with E-state index in [4.69, 9.17) is 10.3 Å². The Morgan fingerprint density at radius 3 is 2.79 bits per heavy atom. The predicted octanol–water partition coefficient (Wildman–Crippen LogP) is 1.89. The third kappa shape index (κ3) is 3.36. The molecule has 0 unspecified atom stereocenters. The fourth-order valence-corrected chi connectivity index (χ4v) is 2.78. The summed E-state index contributed by atoms with van der Waals surface area (Å²) >= 11 is 0. The second-order valence-electron chi connectivity index (χ2n) is 5.56. The molecule has 2 rings (SSSR count). The molecule has 0 atom stereocenters. The molecule has 3 N–H and O–H groups in total. The molecule has 106 valence electrons. The van der Waals surface area contributed by atoms with Crippen LogP contribution in [0.5, 0.6) is 0 Å². The Labute approximate surface area is 114 Å². The lowest BCUT2D eigenvalue weighted by Crippen LogP contribution is -2.35. The number of carbonyl (C=O) groups excluding carboxylic acids is 1. The van der Waals surface area contributed by atoms with Gasteiger partial charge in [-0.15, -0.1) is 0 Å². The smallest absolute Gasteiger partial charge is 0.268 e. The van der Waals surface area contributed by atoms with Gasteiger partial charge in [0.2, 0.25) is 0 Å². The second kappa shape index (κ2) is 6.21. The molecule has 1 aliphatic rings. The Morgan fingerprint density at radius 2 is 2.16 bits per heavy atom. The van der Waals surface area contributed by atoms with Crippen molar-refractivity contribution in [2.75, 3.05) is 7.05 Å². The number of hydrazine groups is 1. The Bertz CT molecular complexity index is 422. The van der Waals surface area contributed by atoms with E-state index < -0.39 is 0 Å². The molecule has 1 aromatic heterocycles. The summed E-state index contributed by atoms with van der Waals surface area (Å²) in [4.78, 5) is 13.9. The molecule has 0 spiro atoms. The molecule has 1 saturated carbocycles. The lowest BCUT2D eigenvalue weighted by Gasteiger charge is -2.33. The SMILES string of the molecule is CC1CCC(N(C)Cc2occc2C(=O)NN)CC1. The highest BCUT2D eigenvalue weighted by atomic mass is 16.3. The molecular formula is C14H23N3O2. The first-order chi connectivity index (χ1) is 9.11. The van der Waals surface area contributed by atoms with Gasteiger partial charge in [-0.2, -0.15) is 0 Å². The lowest BCUT2D eigenvalue weighted by atomic mass is 9.87. The topological polar surface area (TPSA) is 71.5 Å². The number of hydrogen-bond acceptors (Lipinski definition) is 4. The zero-order valence-electron chi connectivity index (χ0n) is 11.7. The highest BCUT2D eigenvalue weighted by molar-refractivity contribution is 5.94. The van der Waals surface area contributed by atoms with Gasteiger partial charge in [0.1, 0.15) is 5.76 Å². The summed E-state index contributed by atoms with van der Waals surface area (Å²) in [5.74, 6) is 6.39. The predicted molar refractivity (Wildman–Crippen MR) is 73.2 cm³/mol. The minimum atomic E-state index is -0.297. The standard InChI is InChI=1S/C14H23N3O2/c1-10-3-5-11(6-4-10)17(2)9-13-12(7-8-19-13)14(18)16-15/h7-8,10-11H,3-6,9,15H2,1-2H3,(H,16,18). The van der Waals surface area contributed by atoms with Crippen molar-refractivity contribution in [3.63, 3.8) is 0 Å². The van der Waals surface area contributed by atoms with Crippen molar-refractivity contribution in [3.8, 4) is 0 Å². The molecule has 1 fully saturated rings. The summed E-state index contributed by atoms with van der Waals surface area (Å²) < 4.78 is 5.41. The largest absolute Gasteiger partial charge is 0.467 e. The van der Waals surface area contributed by atoms with Gasteiger partial charge in [-0.05, 0) is 44.7 Å². The van der Waals surface area contributed by atoms with Crippen molar-refractivity contribution in [1.29, 1.82) is 0 Å². The van der Waals surface area contributed by atoms with Gasteiger partial charge in [0.15, 0.2) is 0 Å². The number of nitrogens with zero attached hydrogens (tertiary/aromatic N) is 1. The van der Waals surface area contributed by atoms with E-state index in [-0.39, 0.29) is 5.91 Å². The normalized spacial score (nSPS) is 23.6. The van der Waals surface area contributed by atoms with Crippen LogP contribution in [0.25, 0.3) is 0 Å². The molecule has 1 amide bonds. The van der Waals surface area contributed by atoms with E-state index in [1.54, 1.807) is 6.07 Å². The van der Waals surface area contributed by atoms with E-state index >= 15 is 0 Å². The summed E-state index contributed by atoms with van der Waals surface area (Å²) in [6, 6.07) is 2.24. The Balaban J connectivity index is 1.97. The fraction of sp³-hybridized carbons (Fsp3) is 0.643. The first kappa shape index (κ1) is 14.1. The molecular weight excluding hydrogens is 242 g/mol. The third-order valence-corrected chi connectivity index (χ3v) is 4.12. The van der Waals surface area contributed by atoms with Crippen LogP contribution in [0, 0.1) is 5.92 Å². The summed E-state index contributed by atoms with van der Waals surface area (Å²) in [5, 5.41) is 0. The van der Waals surface area contributed by atoms with Crippen LogP contribution in [-0.2, 0) is 6.54 Å². The summed E-state index contributed by atoms with van der Waals surface area (Å²) in [6.45, 7) is 2.96. The first-order valence-electron chi connectivity index (χ1n) is 6.89. The van der Waals surface area contributed by atoms with E-state index in [1.165, 1.54) is 31.9 Å². The van der Waals surface area contributed by atoms with Crippen LogP contribution >= 0.6 is 0 Å². The average Bonchev–Trinajstić information content (AvgIpc) is 2.86. The molecule has 5 heteroatoms. The van der Waals surface area contributed by atoms with Crippen LogP contribution in [0.15, 0.2) is 16.7 Å². The third-order valence-electron chi connectivity index (χ3n) is 4.12. The molecule has 0 aliphatic heterocycles. The van der Waals surface area contributed by atoms with E-state index in [2.05, 4.69) is 24.3 Å². The van der Waals surface area contributed by atoms with Crippen molar-refractivity contribution >= 4 is 5.91 Å². The molecule has 1 aromatic rings. The monoisotopic (exact) mass is 265 g/mol. The molecule has 0 radical (unpaired) electrons. The quantitative estimate of drug-likeness (QED) is 0.495. The van der Waals surface area contributed by atoms with Crippen LogP contribution in [-0.4, -0.2) is 23.9 Å². The number of furan rings is 1. The van der Waals surface area contributed by atoms with Crippen LogP contribution in [0.1, 0.15) is 48.7 Å². The molecule has 19 heavy (non-hydrogen) atoms. The van der Waals surface area contributed by atoms with Gasteiger partial charge >= 0.3 is 0 Å². The van der Waals surface area contributed by atoms with E-state index in [1.807, 2.05) is 0 Å². The molecule has 5 nitrogen and oxygen atoms in total. The zero-order chi connectivity index (χ0) is 13.8. The van der Waals surface area contributed by atoms with Crippen LogP contribution < -0.4 is 11.3 Å². The Morgan fingerprint density at radius 1 is 1.47 bits per heavy atom. The van der Waals surface area contributed by atoms with E-state index in [0.717, 1.165) is 5.92 Å². The van der Waals surface area contributed by atoms with E-state index in [9.17, 15) is 4.79 Å². The minimum absolute atomic E-state index is 0.297. The average molecular weight is 265 g/mol. The van der Waals surface area contributed by atoms with Crippen molar-refractivity contribution < 1.29 is 9.21 Å². The van der Waals surface area contributed by atoms with Gasteiger partial charge in [0.05, 0.1) is 18.4 Å². The van der Waals surface area contributed by atoms with Crippen LogP contribution in [0.2, 0.25) is 0 Å². The number of hydrogen-bond donors (Lipinski definition) is 2. The van der Waals surface area contributed by atoms with Crippen molar-refractivity contribution in [1.82, 2.24) is 10.3 Å². The van der Waals surface area contributed by atoms with Gasteiger partial charge < -0.3 is 4.42 Å². The lowest BCUT2D eigenvalue weighted by molar-refractivity contribution is 0.0947. The molecule has 0 aromatic carbocycles. The second-order valence-corrected chi connectivity index (χ2v) is 5.56. The Hall–Kier alpha value is -1.33. The number of rotatable bonds is 4. The number of nitrogens with two attached hydrogens (primary N) is 1. The van der Waals surface area contributed by atoms with Gasteiger partial charge in [0, 0.05) is 6.04 Å². The summed E-state index contributed by atoms with van der Waals surface area (Å²) in [6.07, 6.45) is 6.54. The molecule has 0 saturated heterocycles. The number of nitrogen functional groups attached to an aromatic ring is 1. The van der Waals surface area contributed by atoms with Crippen LogP contribution in [0.3, 0.4) is 0 Å². The van der Waals surface area contributed by atoms with Gasteiger partial charge in [-0.1, -0.05) is 6.92 Å². The van der Waals surface area contributed by atoms with Crippen molar-refractivity contribution in [2.45, 2.75) is 45.2 Å². The molecule has 0 bridgehead atoms. The summed E-state index contributed by atoms with van der Waals surface area (Å²) in [5.41, 5.74) is 2.68. The molecule has 1 aliphatic carbocycles. The maximum atomic E-state index is 11.6. The van der Waals surface area contributed by atoms with Gasteiger partial charge in [-0.25, -0.2) is 5.84 Å². The fourth-order valence-electron chi connectivity index (χ4n) is 2.78. The van der Waals surface area contributed by atoms with Crippen molar-refractivity contribution in [3.05, 3.63) is 23.7 Å². The number of amides is 1. The van der Waals surface area contributed by atoms with Crippen molar-refractivity contribution in [2.24, 2.45) is 11.8 Å². The zero-order valence-corrected chi connectivity index (χ0v) is 11.7. The Kier molecular flexibility index (Phi) is 4.61. The minimum Gasteiger partial charge on any atom is -0.467 e. The highest BCUT2D eigenvalue weighted by Gasteiger charge is 2.23. The van der Waals surface area contributed by atoms with Gasteiger partial charge in [0.25, 0.3) is 5.91 Å². The maximum Gasteiger partial charge on any atom is 0.268 e. The number of nitrogens with one attached hydrogen (secondary N) is 1. The van der Waals surface area contributed by atoms with Gasteiger partial charge in [-0.3, -0.25) is 15.1 Å². The first-order valence-corrected chi connectivity index (χ1v) is 6.89. The summed E-state index contributed by atoms with van der Waals surface area (Å²) in [7, 11) is 2.09. The molecule has 1 heterocycles. The maximum absolute atomic E-state index is 11.6. The van der Waals surface area contributed by atoms with E-state index in [0.29, 0.717) is 23.9 Å². The number of carbonyl (C=O) groups is 1. The van der Waals surface area contributed by atoms with Crippen LogP contribution in [0.4, 0.5) is 0 Å². The highest BCUT2D eigenvalue weighted by Crippen LogP contribution is 2.27.